The third kappa shape index (κ3) is 5.63. The highest BCUT2D eigenvalue weighted by Crippen LogP contribution is 2.44. The van der Waals surface area contributed by atoms with Gasteiger partial charge >= 0.3 is 12.1 Å². The monoisotopic (exact) mass is 624 g/mol. The second-order valence-electron chi connectivity index (χ2n) is 12.4. The van der Waals surface area contributed by atoms with Gasteiger partial charge in [-0.2, -0.15) is 0 Å². The van der Waals surface area contributed by atoms with E-state index in [0.717, 1.165) is 11.6 Å². The van der Waals surface area contributed by atoms with Crippen molar-refractivity contribution in [3.63, 3.8) is 0 Å². The van der Waals surface area contributed by atoms with Crippen molar-refractivity contribution < 1.29 is 33.0 Å². The van der Waals surface area contributed by atoms with Gasteiger partial charge in [-0.3, -0.25) is 4.90 Å². The lowest BCUT2D eigenvalue weighted by molar-refractivity contribution is -0.0421. The predicted octanol–water partition coefficient (Wildman–Crippen LogP) is 4.71. The quantitative estimate of drug-likeness (QED) is 0.408. The molecule has 3 aliphatic rings. The SMILES string of the molecule is CN1C(=O)OC2(CCN(C(=O)N[C@@H]3CC[C@@H](c4cccc(F)c4F)Cn4c(C(C)(C)OCCO)cnc43)CC2)c2cccnc21. The minimum absolute atomic E-state index is 0.109. The molecule has 2 N–H and O–H groups in total. The molecule has 2 atom stereocenters. The molecule has 13 heteroatoms. The third-order valence-corrected chi connectivity index (χ3v) is 9.31. The molecule has 240 valence electrons. The van der Waals surface area contributed by atoms with Crippen LogP contribution in [0.5, 0.6) is 0 Å². The molecule has 45 heavy (non-hydrogen) atoms. The number of carbonyl (C=O) groups excluding carboxylic acids is 2. The number of anilines is 1. The number of aliphatic hydroxyl groups is 1. The fraction of sp³-hybridized carbons (Fsp3) is 0.500. The summed E-state index contributed by atoms with van der Waals surface area (Å²) in [4.78, 5) is 38.5. The van der Waals surface area contributed by atoms with Crippen LogP contribution in [0.4, 0.5) is 24.2 Å². The Morgan fingerprint density at radius 1 is 1.18 bits per heavy atom. The number of hydrogen-bond acceptors (Lipinski definition) is 7. The maximum atomic E-state index is 15.0. The number of hydrogen-bond donors (Lipinski definition) is 2. The van der Waals surface area contributed by atoms with E-state index in [1.54, 1.807) is 30.4 Å². The summed E-state index contributed by atoms with van der Waals surface area (Å²) >= 11 is 0. The number of imidazole rings is 1. The molecule has 2 aromatic heterocycles. The Labute approximate surface area is 260 Å². The highest BCUT2D eigenvalue weighted by Gasteiger charge is 2.47. The number of benzene rings is 1. The number of fused-ring (bicyclic) bond motifs is 3. The van der Waals surface area contributed by atoms with Crippen molar-refractivity contribution in [2.75, 3.05) is 38.3 Å². The fourth-order valence-electron chi connectivity index (χ4n) is 6.83. The minimum Gasteiger partial charge on any atom is -0.437 e. The van der Waals surface area contributed by atoms with Crippen LogP contribution in [0.3, 0.4) is 0 Å². The van der Waals surface area contributed by atoms with E-state index < -0.39 is 35.0 Å². The number of likely N-dealkylation sites (tertiary alicyclic amines) is 1. The smallest absolute Gasteiger partial charge is 0.416 e. The van der Waals surface area contributed by atoms with Gasteiger partial charge in [0.05, 0.1) is 31.1 Å². The van der Waals surface area contributed by atoms with Crippen molar-refractivity contribution in [1.82, 2.24) is 24.8 Å². The highest BCUT2D eigenvalue weighted by atomic mass is 19.2. The third-order valence-electron chi connectivity index (χ3n) is 9.31. The number of amides is 3. The van der Waals surface area contributed by atoms with Crippen LogP contribution in [0.15, 0.2) is 42.7 Å². The molecule has 5 heterocycles. The van der Waals surface area contributed by atoms with E-state index in [2.05, 4.69) is 10.3 Å². The van der Waals surface area contributed by atoms with E-state index in [-0.39, 0.29) is 30.7 Å². The van der Waals surface area contributed by atoms with Crippen LogP contribution in [-0.2, 0) is 27.2 Å². The van der Waals surface area contributed by atoms with Gasteiger partial charge in [0.15, 0.2) is 11.6 Å². The average Bonchev–Trinajstić information content (AvgIpc) is 3.38. The number of aromatic nitrogens is 3. The first-order valence-electron chi connectivity index (χ1n) is 15.3. The molecule has 11 nitrogen and oxygen atoms in total. The van der Waals surface area contributed by atoms with Gasteiger partial charge < -0.3 is 29.4 Å². The zero-order chi connectivity index (χ0) is 31.9. The Morgan fingerprint density at radius 2 is 1.96 bits per heavy atom. The van der Waals surface area contributed by atoms with Crippen molar-refractivity contribution in [2.24, 2.45) is 0 Å². The van der Waals surface area contributed by atoms with E-state index in [1.165, 1.54) is 11.0 Å². The Morgan fingerprint density at radius 3 is 2.71 bits per heavy atom. The van der Waals surface area contributed by atoms with Gasteiger partial charge in [0.25, 0.3) is 0 Å². The maximum Gasteiger partial charge on any atom is 0.416 e. The molecule has 1 aromatic carbocycles. The second-order valence-corrected chi connectivity index (χ2v) is 12.4. The molecule has 3 aromatic rings. The summed E-state index contributed by atoms with van der Waals surface area (Å²) < 4.78 is 43.0. The van der Waals surface area contributed by atoms with Crippen LogP contribution in [0.1, 0.15) is 74.1 Å². The van der Waals surface area contributed by atoms with E-state index >= 15 is 0 Å². The highest BCUT2D eigenvalue weighted by molar-refractivity contribution is 5.89. The predicted molar refractivity (Wildman–Crippen MR) is 160 cm³/mol. The summed E-state index contributed by atoms with van der Waals surface area (Å²) in [7, 11) is 1.62. The fourth-order valence-corrected chi connectivity index (χ4v) is 6.83. The van der Waals surface area contributed by atoms with E-state index in [0.29, 0.717) is 62.7 Å². The Bertz CT molecular complexity index is 1590. The molecule has 6 rings (SSSR count). The number of nitrogens with zero attached hydrogens (tertiary/aromatic N) is 5. The van der Waals surface area contributed by atoms with Gasteiger partial charge in [0.1, 0.15) is 22.8 Å². The Hall–Kier alpha value is -4.10. The standard InChI is InChI=1S/C32H38F2N6O5/c1-31(2,44-17-16-41)25-18-36-28-24(10-9-20(19-40(25)28)21-6-4-8-23(33)26(21)34)37-29(42)39-14-11-32(12-15-39)22-7-5-13-35-27(22)38(3)30(43)45-32/h4-8,13,18,20,24,41H,9-12,14-17,19H2,1-3H3,(H,37,42)/t20-,24-/m1/s1. The van der Waals surface area contributed by atoms with Gasteiger partial charge in [-0.25, -0.2) is 28.3 Å². The van der Waals surface area contributed by atoms with Crippen LogP contribution >= 0.6 is 0 Å². The molecule has 1 saturated heterocycles. The lowest BCUT2D eigenvalue weighted by Crippen LogP contribution is -2.53. The molecule has 0 bridgehead atoms. The van der Waals surface area contributed by atoms with Gasteiger partial charge in [-0.15, -0.1) is 0 Å². The van der Waals surface area contributed by atoms with Gasteiger partial charge in [0, 0.05) is 57.2 Å². The molecule has 1 fully saturated rings. The zero-order valence-electron chi connectivity index (χ0n) is 25.6. The first-order chi connectivity index (χ1) is 21.5. The van der Waals surface area contributed by atoms with Crippen molar-refractivity contribution in [1.29, 1.82) is 0 Å². The molecular formula is C32H38F2N6O5. The molecule has 0 unspecified atom stereocenters. The number of nitrogens with one attached hydrogen (secondary N) is 1. The number of halogens is 2. The van der Waals surface area contributed by atoms with Crippen molar-refractivity contribution in [3.8, 4) is 0 Å². The summed E-state index contributed by atoms with van der Waals surface area (Å²) in [5.74, 6) is -1.02. The maximum absolute atomic E-state index is 15.0. The molecule has 0 aliphatic carbocycles. The first kappa shape index (κ1) is 30.9. The van der Waals surface area contributed by atoms with Crippen molar-refractivity contribution >= 4 is 17.9 Å². The van der Waals surface area contributed by atoms with Crippen LogP contribution < -0.4 is 10.2 Å². The molecule has 0 saturated carbocycles. The van der Waals surface area contributed by atoms with Crippen LogP contribution in [0.2, 0.25) is 0 Å². The minimum atomic E-state index is -0.907. The average molecular weight is 625 g/mol. The molecule has 3 aliphatic heterocycles. The van der Waals surface area contributed by atoms with Crippen molar-refractivity contribution in [3.05, 3.63) is 77.0 Å². The normalized spacial score (nSPS) is 21.2. The van der Waals surface area contributed by atoms with Crippen molar-refractivity contribution in [2.45, 2.75) is 69.2 Å². The Kier molecular flexibility index (Phi) is 8.25. The molecule has 0 radical (unpaired) electrons. The Balaban J connectivity index is 1.24. The summed E-state index contributed by atoms with van der Waals surface area (Å²) in [5, 5.41) is 12.5. The number of rotatable bonds is 6. The number of carbonyl (C=O) groups is 2. The topological polar surface area (TPSA) is 122 Å². The molecular weight excluding hydrogens is 586 g/mol. The van der Waals surface area contributed by atoms with E-state index in [1.807, 2.05) is 30.5 Å². The summed E-state index contributed by atoms with van der Waals surface area (Å²) in [6.45, 7) is 4.68. The largest absolute Gasteiger partial charge is 0.437 e. The molecule has 1 spiro atoms. The summed E-state index contributed by atoms with van der Waals surface area (Å²) in [6.07, 6.45) is 4.60. The summed E-state index contributed by atoms with van der Waals surface area (Å²) in [5.41, 5.74) is 0.0815. The van der Waals surface area contributed by atoms with Gasteiger partial charge in [-0.05, 0) is 50.5 Å². The van der Waals surface area contributed by atoms with Gasteiger partial charge in [-0.1, -0.05) is 12.1 Å². The lowest BCUT2D eigenvalue weighted by atomic mass is 9.83. The summed E-state index contributed by atoms with van der Waals surface area (Å²) in [6, 6.07) is 7.12. The number of ether oxygens (including phenoxy) is 2. The number of pyridine rings is 1. The number of urea groups is 1. The molecule has 3 amide bonds. The zero-order valence-corrected chi connectivity index (χ0v) is 25.6. The van der Waals surface area contributed by atoms with Crippen LogP contribution in [-0.4, -0.2) is 70.0 Å². The number of piperidine rings is 1. The van der Waals surface area contributed by atoms with Crippen LogP contribution in [0.25, 0.3) is 0 Å². The number of aliphatic hydroxyl groups excluding tert-OH is 1. The van der Waals surface area contributed by atoms with Crippen LogP contribution in [0, 0.1) is 11.6 Å². The first-order valence-corrected chi connectivity index (χ1v) is 15.3. The van der Waals surface area contributed by atoms with E-state index in [9.17, 15) is 23.5 Å². The lowest BCUT2D eigenvalue weighted by Gasteiger charge is -2.45. The van der Waals surface area contributed by atoms with Gasteiger partial charge in [0.2, 0.25) is 0 Å². The van der Waals surface area contributed by atoms with E-state index in [4.69, 9.17) is 14.5 Å². The second kappa shape index (κ2) is 12.0.